The number of Topliss-reactive ketones (excluding diaryl/α,β-unsaturated/α-hetero) is 1. The maximum absolute atomic E-state index is 11.7. The third kappa shape index (κ3) is 0.481. The van der Waals surface area contributed by atoms with Crippen LogP contribution < -0.4 is 0 Å². The molecule has 4 fully saturated rings. The SMILES string of the molecule is CC1(C)[C@H]2C[C@H]1C(=O)[C@@H]1O[C@]21C. The molecule has 2 heteroatoms. The molecule has 0 aromatic carbocycles. The molecule has 3 saturated carbocycles. The Labute approximate surface area is 72.3 Å². The number of carbonyl (C=O) groups excluding carboxylic acids is 1. The Bertz CT molecular complexity index is 277. The average Bonchev–Trinajstić information content (AvgIpc) is 2.61. The van der Waals surface area contributed by atoms with Crippen molar-refractivity contribution < 1.29 is 9.53 Å². The molecule has 0 unspecified atom stereocenters. The lowest BCUT2D eigenvalue weighted by molar-refractivity contribution is -0.147. The lowest BCUT2D eigenvalue weighted by Gasteiger charge is -2.56. The van der Waals surface area contributed by atoms with Crippen molar-refractivity contribution in [3.63, 3.8) is 0 Å². The quantitative estimate of drug-likeness (QED) is 0.509. The normalized spacial score (nSPS) is 58.9. The highest BCUT2D eigenvalue weighted by molar-refractivity contribution is 5.93. The van der Waals surface area contributed by atoms with Gasteiger partial charge < -0.3 is 4.74 Å². The summed E-state index contributed by atoms with van der Waals surface area (Å²) < 4.78 is 5.52. The van der Waals surface area contributed by atoms with E-state index >= 15 is 0 Å². The molecule has 2 bridgehead atoms. The van der Waals surface area contributed by atoms with Gasteiger partial charge in [-0.3, -0.25) is 4.79 Å². The van der Waals surface area contributed by atoms with E-state index in [1.807, 2.05) is 0 Å². The van der Waals surface area contributed by atoms with Gasteiger partial charge in [0.1, 0.15) is 11.7 Å². The molecule has 0 aromatic heterocycles. The lowest BCUT2D eigenvalue weighted by atomic mass is 9.45. The van der Waals surface area contributed by atoms with Gasteiger partial charge in [0.05, 0.1) is 0 Å². The predicted octanol–water partition coefficient (Wildman–Crippen LogP) is 1.39. The van der Waals surface area contributed by atoms with E-state index in [-0.39, 0.29) is 17.1 Å². The number of hydrogen-bond acceptors (Lipinski definition) is 2. The van der Waals surface area contributed by atoms with Crippen molar-refractivity contribution in [2.24, 2.45) is 17.3 Å². The van der Waals surface area contributed by atoms with E-state index in [4.69, 9.17) is 4.74 Å². The van der Waals surface area contributed by atoms with E-state index in [1.54, 1.807) is 0 Å². The molecule has 3 aliphatic carbocycles. The van der Waals surface area contributed by atoms with Crippen LogP contribution in [0, 0.1) is 17.3 Å². The van der Waals surface area contributed by atoms with Gasteiger partial charge in [0.2, 0.25) is 0 Å². The van der Waals surface area contributed by atoms with Crippen molar-refractivity contribution in [1.29, 1.82) is 0 Å². The Balaban J connectivity index is 2.06. The number of rotatable bonds is 0. The molecular formula is C10H14O2. The fourth-order valence-electron chi connectivity index (χ4n) is 3.39. The molecule has 1 heterocycles. The molecule has 0 radical (unpaired) electrons. The monoisotopic (exact) mass is 166 g/mol. The molecule has 4 atom stereocenters. The van der Waals surface area contributed by atoms with E-state index in [0.717, 1.165) is 6.42 Å². The summed E-state index contributed by atoms with van der Waals surface area (Å²) in [6.45, 7) is 6.50. The summed E-state index contributed by atoms with van der Waals surface area (Å²) in [6.07, 6.45) is 1.04. The van der Waals surface area contributed by atoms with Crippen molar-refractivity contribution >= 4 is 5.78 Å². The topological polar surface area (TPSA) is 29.6 Å². The Morgan fingerprint density at radius 3 is 2.58 bits per heavy atom. The number of ether oxygens (including phenoxy) is 1. The first kappa shape index (κ1) is 7.07. The molecule has 0 aromatic rings. The van der Waals surface area contributed by atoms with Gasteiger partial charge in [-0.15, -0.1) is 0 Å². The summed E-state index contributed by atoms with van der Waals surface area (Å²) in [5.41, 5.74) is 0.133. The fraction of sp³-hybridized carbons (Fsp3) is 0.900. The second-order valence-electron chi connectivity index (χ2n) is 5.25. The smallest absolute Gasteiger partial charge is 0.168 e. The van der Waals surface area contributed by atoms with E-state index in [0.29, 0.717) is 17.6 Å². The maximum atomic E-state index is 11.7. The van der Waals surface area contributed by atoms with Crippen LogP contribution in [0.4, 0.5) is 0 Å². The van der Waals surface area contributed by atoms with Gasteiger partial charge in [0.25, 0.3) is 0 Å². The largest absolute Gasteiger partial charge is 0.358 e. The Kier molecular flexibility index (Phi) is 0.885. The van der Waals surface area contributed by atoms with Crippen molar-refractivity contribution in [2.75, 3.05) is 0 Å². The van der Waals surface area contributed by atoms with E-state index in [9.17, 15) is 4.79 Å². The van der Waals surface area contributed by atoms with Crippen molar-refractivity contribution in [2.45, 2.75) is 38.9 Å². The van der Waals surface area contributed by atoms with Crippen molar-refractivity contribution in [3.05, 3.63) is 0 Å². The Hall–Kier alpha value is -0.370. The summed E-state index contributed by atoms with van der Waals surface area (Å²) in [6, 6.07) is 0. The number of epoxide rings is 1. The zero-order valence-corrected chi connectivity index (χ0v) is 7.76. The van der Waals surface area contributed by atoms with Gasteiger partial charge in [-0.1, -0.05) is 13.8 Å². The van der Waals surface area contributed by atoms with Crippen LogP contribution in [0.1, 0.15) is 27.2 Å². The highest BCUT2D eigenvalue weighted by Crippen LogP contribution is 2.68. The molecule has 0 amide bonds. The third-order valence-electron chi connectivity index (χ3n) is 4.40. The standard InChI is InChI=1S/C10H14O2/c1-9(2)5-4-6(9)10(3)8(12-10)7(5)11/h5-6,8H,4H2,1-3H3/t5-,6+,8-,10+/m0/s1. The molecule has 4 rings (SSSR count). The molecule has 1 aliphatic heterocycles. The highest BCUT2D eigenvalue weighted by Gasteiger charge is 2.76. The zero-order valence-electron chi connectivity index (χ0n) is 7.76. The molecule has 2 nitrogen and oxygen atoms in total. The number of ketones is 1. The predicted molar refractivity (Wildman–Crippen MR) is 43.7 cm³/mol. The van der Waals surface area contributed by atoms with Gasteiger partial charge in [-0.2, -0.15) is 0 Å². The average molecular weight is 166 g/mol. The molecule has 0 N–H and O–H groups in total. The molecule has 66 valence electrons. The van der Waals surface area contributed by atoms with Gasteiger partial charge >= 0.3 is 0 Å². The lowest BCUT2D eigenvalue weighted by Crippen LogP contribution is -2.60. The third-order valence-corrected chi connectivity index (χ3v) is 4.40. The van der Waals surface area contributed by atoms with E-state index in [1.165, 1.54) is 0 Å². The second kappa shape index (κ2) is 1.50. The van der Waals surface area contributed by atoms with Gasteiger partial charge in [-0.05, 0) is 24.7 Å². The molecule has 4 aliphatic rings. The highest BCUT2D eigenvalue weighted by atomic mass is 16.6. The summed E-state index contributed by atoms with van der Waals surface area (Å²) in [4.78, 5) is 11.7. The van der Waals surface area contributed by atoms with Gasteiger partial charge in [0, 0.05) is 5.92 Å². The first-order valence-electron chi connectivity index (χ1n) is 4.69. The van der Waals surface area contributed by atoms with Crippen LogP contribution in [0.2, 0.25) is 0 Å². The second-order valence-corrected chi connectivity index (χ2v) is 5.25. The molecule has 1 saturated heterocycles. The maximum Gasteiger partial charge on any atom is 0.168 e. The Morgan fingerprint density at radius 1 is 1.42 bits per heavy atom. The van der Waals surface area contributed by atoms with E-state index < -0.39 is 0 Å². The number of hydrogen-bond donors (Lipinski definition) is 0. The summed E-state index contributed by atoms with van der Waals surface area (Å²) in [7, 11) is 0. The molecule has 12 heavy (non-hydrogen) atoms. The van der Waals surface area contributed by atoms with Crippen LogP contribution in [0.15, 0.2) is 0 Å². The summed E-state index contributed by atoms with van der Waals surface area (Å²) in [5, 5.41) is 0. The first-order chi connectivity index (χ1) is 5.48. The van der Waals surface area contributed by atoms with E-state index in [2.05, 4.69) is 20.8 Å². The van der Waals surface area contributed by atoms with Crippen LogP contribution in [-0.2, 0) is 9.53 Å². The zero-order chi connectivity index (χ0) is 8.72. The Morgan fingerprint density at radius 2 is 2.08 bits per heavy atom. The van der Waals surface area contributed by atoms with Crippen LogP contribution in [0.5, 0.6) is 0 Å². The van der Waals surface area contributed by atoms with Gasteiger partial charge in [0.15, 0.2) is 5.78 Å². The fourth-order valence-corrected chi connectivity index (χ4v) is 3.39. The summed E-state index contributed by atoms with van der Waals surface area (Å²) >= 11 is 0. The van der Waals surface area contributed by atoms with Gasteiger partial charge in [-0.25, -0.2) is 0 Å². The molecular weight excluding hydrogens is 152 g/mol. The minimum absolute atomic E-state index is 0.0331. The van der Waals surface area contributed by atoms with Crippen molar-refractivity contribution in [3.8, 4) is 0 Å². The molecule has 0 spiro atoms. The van der Waals surface area contributed by atoms with Crippen LogP contribution in [0.25, 0.3) is 0 Å². The first-order valence-corrected chi connectivity index (χ1v) is 4.69. The minimum atomic E-state index is -0.0741. The van der Waals surface area contributed by atoms with Crippen molar-refractivity contribution in [1.82, 2.24) is 0 Å². The van der Waals surface area contributed by atoms with Crippen LogP contribution in [0.3, 0.4) is 0 Å². The number of carbonyl (C=O) groups is 1. The minimum Gasteiger partial charge on any atom is -0.358 e. The van der Waals surface area contributed by atoms with Crippen LogP contribution in [-0.4, -0.2) is 17.5 Å². The summed E-state index contributed by atoms with van der Waals surface area (Å²) in [5.74, 6) is 1.28. The van der Waals surface area contributed by atoms with Crippen LogP contribution >= 0.6 is 0 Å².